The second kappa shape index (κ2) is 4.70. The lowest BCUT2D eigenvalue weighted by atomic mass is 10.0. The molecule has 1 saturated heterocycles. The van der Waals surface area contributed by atoms with E-state index in [1.54, 1.807) is 6.07 Å². The molecule has 0 aromatic heterocycles. The second-order valence-electron chi connectivity index (χ2n) is 4.23. The first-order chi connectivity index (χ1) is 7.72. The summed E-state index contributed by atoms with van der Waals surface area (Å²) in [5.41, 5.74) is 7.08. The van der Waals surface area contributed by atoms with E-state index in [0.717, 1.165) is 31.5 Å². The summed E-state index contributed by atoms with van der Waals surface area (Å²) in [5.74, 6) is -0.321. The van der Waals surface area contributed by atoms with Crippen LogP contribution in [0.5, 0.6) is 0 Å². The summed E-state index contributed by atoms with van der Waals surface area (Å²) in [5, 5.41) is 9.31. The highest BCUT2D eigenvalue weighted by molar-refractivity contribution is 5.68. The fraction of sp³-hybridized carbons (Fsp3) is 0.500. The first-order valence-corrected chi connectivity index (χ1v) is 5.65. The molecule has 4 heteroatoms. The van der Waals surface area contributed by atoms with E-state index in [1.165, 1.54) is 12.1 Å². The maximum atomic E-state index is 12.9. The van der Waals surface area contributed by atoms with E-state index in [9.17, 15) is 9.50 Å². The summed E-state index contributed by atoms with van der Waals surface area (Å²) in [6.07, 6.45) is 3.18. The van der Waals surface area contributed by atoms with Crippen molar-refractivity contribution in [2.24, 2.45) is 0 Å². The molecular formula is C12H17FN2O. The number of aliphatic hydroxyl groups excluding tert-OH is 1. The molecule has 1 aliphatic rings. The Balaban J connectivity index is 2.27. The van der Waals surface area contributed by atoms with Gasteiger partial charge in [-0.2, -0.15) is 0 Å². The van der Waals surface area contributed by atoms with E-state index >= 15 is 0 Å². The molecule has 1 aromatic rings. The van der Waals surface area contributed by atoms with Gasteiger partial charge in [0.25, 0.3) is 0 Å². The number of hydrogen-bond donors (Lipinski definition) is 2. The second-order valence-corrected chi connectivity index (χ2v) is 4.23. The Morgan fingerprint density at radius 3 is 2.94 bits per heavy atom. The maximum absolute atomic E-state index is 12.9. The average molecular weight is 224 g/mol. The highest BCUT2D eigenvalue weighted by Gasteiger charge is 2.23. The Hall–Kier alpha value is -1.29. The van der Waals surface area contributed by atoms with Crippen LogP contribution in [0.2, 0.25) is 0 Å². The summed E-state index contributed by atoms with van der Waals surface area (Å²) < 4.78 is 12.9. The Morgan fingerprint density at radius 1 is 1.44 bits per heavy atom. The molecule has 1 aromatic carbocycles. The summed E-state index contributed by atoms with van der Waals surface area (Å²) in [6.45, 7) is 0.998. The predicted octanol–water partition coefficient (Wildman–Crippen LogP) is 1.76. The number of hydrogen-bond acceptors (Lipinski definition) is 3. The molecule has 1 atom stereocenters. The van der Waals surface area contributed by atoms with Crippen LogP contribution in [0, 0.1) is 5.82 Å². The number of anilines is 2. The van der Waals surface area contributed by atoms with Gasteiger partial charge in [-0.15, -0.1) is 0 Å². The number of piperidine rings is 1. The standard InChI is InChI=1S/C12H17FN2O/c13-9-4-5-12(11(14)7-9)15-6-2-1-3-10(15)8-16/h4-5,7,10,16H,1-3,6,8,14H2. The first kappa shape index (κ1) is 11.2. The molecule has 0 radical (unpaired) electrons. The molecule has 16 heavy (non-hydrogen) atoms. The number of benzene rings is 1. The quantitative estimate of drug-likeness (QED) is 0.752. The third-order valence-corrected chi connectivity index (χ3v) is 3.14. The molecule has 2 rings (SSSR count). The van der Waals surface area contributed by atoms with Gasteiger partial charge in [-0.25, -0.2) is 4.39 Å². The Bertz CT molecular complexity index is 370. The van der Waals surface area contributed by atoms with Gasteiger partial charge < -0.3 is 15.7 Å². The molecule has 0 amide bonds. The first-order valence-electron chi connectivity index (χ1n) is 5.65. The molecule has 1 fully saturated rings. The van der Waals surface area contributed by atoms with Crippen molar-refractivity contribution < 1.29 is 9.50 Å². The van der Waals surface area contributed by atoms with Crippen LogP contribution < -0.4 is 10.6 Å². The molecule has 1 heterocycles. The van der Waals surface area contributed by atoms with E-state index in [4.69, 9.17) is 5.73 Å². The molecule has 1 aliphatic heterocycles. The average Bonchev–Trinajstić information content (AvgIpc) is 2.29. The van der Waals surface area contributed by atoms with Gasteiger partial charge in [-0.1, -0.05) is 0 Å². The van der Waals surface area contributed by atoms with Crippen molar-refractivity contribution in [1.82, 2.24) is 0 Å². The smallest absolute Gasteiger partial charge is 0.125 e. The molecule has 1 unspecified atom stereocenters. The molecular weight excluding hydrogens is 207 g/mol. The highest BCUT2D eigenvalue weighted by atomic mass is 19.1. The van der Waals surface area contributed by atoms with E-state index in [2.05, 4.69) is 4.90 Å². The third-order valence-electron chi connectivity index (χ3n) is 3.14. The Labute approximate surface area is 94.7 Å². The van der Waals surface area contributed by atoms with Gasteiger partial charge in [0, 0.05) is 6.54 Å². The lowest BCUT2D eigenvalue weighted by Crippen LogP contribution is -2.42. The molecule has 3 N–H and O–H groups in total. The van der Waals surface area contributed by atoms with Crippen LogP contribution in [0.1, 0.15) is 19.3 Å². The van der Waals surface area contributed by atoms with Gasteiger partial charge in [0.2, 0.25) is 0 Å². The normalized spacial score (nSPS) is 21.1. The minimum atomic E-state index is -0.321. The van der Waals surface area contributed by atoms with Crippen molar-refractivity contribution >= 4 is 11.4 Å². The largest absolute Gasteiger partial charge is 0.397 e. The van der Waals surface area contributed by atoms with Crippen LogP contribution in [0.25, 0.3) is 0 Å². The highest BCUT2D eigenvalue weighted by Crippen LogP contribution is 2.29. The van der Waals surface area contributed by atoms with E-state index < -0.39 is 0 Å². The summed E-state index contributed by atoms with van der Waals surface area (Å²) in [7, 11) is 0. The van der Waals surface area contributed by atoms with E-state index in [0.29, 0.717) is 5.69 Å². The minimum absolute atomic E-state index is 0.113. The number of halogens is 1. The molecule has 88 valence electrons. The molecule has 0 aliphatic carbocycles. The van der Waals surface area contributed by atoms with Gasteiger partial charge >= 0.3 is 0 Å². The lowest BCUT2D eigenvalue weighted by Gasteiger charge is -2.37. The Morgan fingerprint density at radius 2 is 2.25 bits per heavy atom. The van der Waals surface area contributed by atoms with Crippen molar-refractivity contribution in [3.63, 3.8) is 0 Å². The zero-order valence-electron chi connectivity index (χ0n) is 9.19. The zero-order valence-corrected chi connectivity index (χ0v) is 9.19. The number of nitrogen functional groups attached to an aromatic ring is 1. The summed E-state index contributed by atoms with van der Waals surface area (Å²) in [6, 6.07) is 4.55. The van der Waals surface area contributed by atoms with Gasteiger partial charge in [0.05, 0.1) is 24.0 Å². The van der Waals surface area contributed by atoms with E-state index in [1.807, 2.05) is 0 Å². The van der Waals surface area contributed by atoms with Crippen LogP contribution in [0.3, 0.4) is 0 Å². The van der Waals surface area contributed by atoms with Crippen LogP contribution in [0.4, 0.5) is 15.8 Å². The van der Waals surface area contributed by atoms with Crippen LogP contribution in [0.15, 0.2) is 18.2 Å². The Kier molecular flexibility index (Phi) is 3.29. The van der Waals surface area contributed by atoms with Crippen molar-refractivity contribution in [1.29, 1.82) is 0 Å². The van der Waals surface area contributed by atoms with Gasteiger partial charge in [0.15, 0.2) is 0 Å². The van der Waals surface area contributed by atoms with Crippen molar-refractivity contribution in [3.8, 4) is 0 Å². The van der Waals surface area contributed by atoms with Gasteiger partial charge in [0.1, 0.15) is 5.82 Å². The molecule has 0 saturated carbocycles. The van der Waals surface area contributed by atoms with Gasteiger partial charge in [-0.05, 0) is 37.5 Å². The molecule has 3 nitrogen and oxygen atoms in total. The number of aliphatic hydroxyl groups is 1. The third kappa shape index (κ3) is 2.11. The molecule has 0 bridgehead atoms. The minimum Gasteiger partial charge on any atom is -0.397 e. The van der Waals surface area contributed by atoms with E-state index in [-0.39, 0.29) is 18.5 Å². The number of nitrogens with zero attached hydrogens (tertiary/aromatic N) is 1. The summed E-state index contributed by atoms with van der Waals surface area (Å²) >= 11 is 0. The maximum Gasteiger partial charge on any atom is 0.125 e. The van der Waals surface area contributed by atoms with Crippen LogP contribution >= 0.6 is 0 Å². The number of rotatable bonds is 2. The predicted molar refractivity (Wildman–Crippen MR) is 62.9 cm³/mol. The fourth-order valence-electron chi connectivity index (χ4n) is 2.29. The monoisotopic (exact) mass is 224 g/mol. The zero-order chi connectivity index (χ0) is 11.5. The van der Waals surface area contributed by atoms with Crippen LogP contribution in [-0.4, -0.2) is 24.3 Å². The molecule has 0 spiro atoms. The van der Waals surface area contributed by atoms with Crippen molar-refractivity contribution in [2.45, 2.75) is 25.3 Å². The lowest BCUT2D eigenvalue weighted by molar-refractivity contribution is 0.240. The van der Waals surface area contributed by atoms with Gasteiger partial charge in [-0.3, -0.25) is 0 Å². The SMILES string of the molecule is Nc1cc(F)ccc1N1CCCCC1CO. The fourth-order valence-corrected chi connectivity index (χ4v) is 2.29. The van der Waals surface area contributed by atoms with Crippen molar-refractivity contribution in [2.75, 3.05) is 23.8 Å². The topological polar surface area (TPSA) is 49.5 Å². The number of nitrogens with two attached hydrogens (primary N) is 1. The summed E-state index contributed by atoms with van der Waals surface area (Å²) in [4.78, 5) is 2.08. The van der Waals surface area contributed by atoms with Crippen LogP contribution in [-0.2, 0) is 0 Å². The van der Waals surface area contributed by atoms with Crippen molar-refractivity contribution in [3.05, 3.63) is 24.0 Å².